The molecule has 1 aliphatic heterocycles. The summed E-state index contributed by atoms with van der Waals surface area (Å²) in [5.41, 5.74) is 0.654. The van der Waals surface area contributed by atoms with Crippen LogP contribution in [0, 0.1) is 16.0 Å². The monoisotopic (exact) mass is 279 g/mol. The zero-order chi connectivity index (χ0) is 14.5. The fourth-order valence-corrected chi connectivity index (χ4v) is 2.73. The van der Waals surface area contributed by atoms with Gasteiger partial charge in [-0.3, -0.25) is 10.1 Å². The van der Waals surface area contributed by atoms with E-state index < -0.39 is 0 Å². The van der Waals surface area contributed by atoms with Crippen LogP contribution in [-0.2, 0) is 0 Å². The number of nitrogens with zero attached hydrogens (tertiary/aromatic N) is 2. The number of methoxy groups -OCH3 is 1. The first-order chi connectivity index (χ1) is 9.63. The molecule has 1 aromatic carbocycles. The molecule has 1 aliphatic rings. The molecule has 1 fully saturated rings. The Morgan fingerprint density at radius 2 is 2.35 bits per heavy atom. The molecule has 110 valence electrons. The van der Waals surface area contributed by atoms with E-state index >= 15 is 0 Å². The third kappa shape index (κ3) is 3.19. The fourth-order valence-electron chi connectivity index (χ4n) is 2.73. The zero-order valence-corrected chi connectivity index (χ0v) is 12.0. The highest BCUT2D eigenvalue weighted by molar-refractivity contribution is 5.69. The van der Waals surface area contributed by atoms with Gasteiger partial charge in [-0.15, -0.1) is 0 Å². The summed E-state index contributed by atoms with van der Waals surface area (Å²) in [6.07, 6.45) is 2.33. The number of piperidine rings is 1. The van der Waals surface area contributed by atoms with Crippen molar-refractivity contribution >= 4 is 11.4 Å². The van der Waals surface area contributed by atoms with E-state index in [0.717, 1.165) is 26.1 Å². The van der Waals surface area contributed by atoms with Crippen molar-refractivity contribution < 1.29 is 9.66 Å². The van der Waals surface area contributed by atoms with Gasteiger partial charge in [0.25, 0.3) is 0 Å². The molecular weight excluding hydrogens is 258 g/mol. The molecule has 1 atom stereocenters. The van der Waals surface area contributed by atoms with Gasteiger partial charge in [0.2, 0.25) is 0 Å². The summed E-state index contributed by atoms with van der Waals surface area (Å²) in [5.74, 6) is 0.834. The molecule has 0 amide bonds. The predicted molar refractivity (Wildman–Crippen MR) is 78.5 cm³/mol. The number of nitro benzene ring substituents is 1. The number of para-hydroxylation sites is 1. The molecule has 0 spiro atoms. The van der Waals surface area contributed by atoms with Gasteiger partial charge < -0.3 is 15.0 Å². The maximum Gasteiger partial charge on any atom is 0.333 e. The van der Waals surface area contributed by atoms with E-state index in [1.165, 1.54) is 13.5 Å². The third-order valence-electron chi connectivity index (χ3n) is 3.72. The van der Waals surface area contributed by atoms with Gasteiger partial charge in [0, 0.05) is 13.6 Å². The highest BCUT2D eigenvalue weighted by Crippen LogP contribution is 2.36. The van der Waals surface area contributed by atoms with Crippen LogP contribution in [0.4, 0.5) is 11.4 Å². The van der Waals surface area contributed by atoms with E-state index in [1.807, 2.05) is 11.9 Å². The highest BCUT2D eigenvalue weighted by atomic mass is 16.6. The maximum atomic E-state index is 11.3. The molecule has 1 unspecified atom stereocenters. The average molecular weight is 279 g/mol. The Balaban J connectivity index is 2.19. The lowest BCUT2D eigenvalue weighted by molar-refractivity contribution is -0.385. The van der Waals surface area contributed by atoms with E-state index in [2.05, 4.69) is 5.32 Å². The van der Waals surface area contributed by atoms with E-state index in [9.17, 15) is 10.1 Å². The molecular formula is C14H21N3O3. The second kappa shape index (κ2) is 6.56. The van der Waals surface area contributed by atoms with E-state index in [-0.39, 0.29) is 10.6 Å². The summed E-state index contributed by atoms with van der Waals surface area (Å²) < 4.78 is 5.11. The van der Waals surface area contributed by atoms with Crippen LogP contribution < -0.4 is 15.0 Å². The lowest BCUT2D eigenvalue weighted by atomic mass is 9.99. The number of hydrogen-bond donors (Lipinski definition) is 1. The summed E-state index contributed by atoms with van der Waals surface area (Å²) in [4.78, 5) is 12.9. The number of anilines is 1. The van der Waals surface area contributed by atoms with Gasteiger partial charge in [0.1, 0.15) is 5.69 Å². The van der Waals surface area contributed by atoms with Gasteiger partial charge in [-0.1, -0.05) is 6.07 Å². The smallest absolute Gasteiger partial charge is 0.333 e. The molecule has 0 bridgehead atoms. The van der Waals surface area contributed by atoms with Crippen molar-refractivity contribution in [3.63, 3.8) is 0 Å². The largest absolute Gasteiger partial charge is 0.490 e. The zero-order valence-electron chi connectivity index (χ0n) is 12.0. The Hall–Kier alpha value is -1.82. The minimum atomic E-state index is -0.371. The second-order valence-corrected chi connectivity index (χ2v) is 5.18. The van der Waals surface area contributed by atoms with Crippen molar-refractivity contribution in [2.45, 2.75) is 12.8 Å². The lowest BCUT2D eigenvalue weighted by Crippen LogP contribution is -2.37. The van der Waals surface area contributed by atoms with Crippen LogP contribution in [-0.4, -0.2) is 38.7 Å². The Morgan fingerprint density at radius 3 is 2.95 bits per heavy atom. The molecule has 6 nitrogen and oxygen atoms in total. The van der Waals surface area contributed by atoms with Crippen molar-refractivity contribution in [3.05, 3.63) is 28.3 Å². The first-order valence-electron chi connectivity index (χ1n) is 6.86. The predicted octanol–water partition coefficient (Wildman–Crippen LogP) is 2.04. The van der Waals surface area contributed by atoms with Crippen molar-refractivity contribution in [2.24, 2.45) is 5.92 Å². The second-order valence-electron chi connectivity index (χ2n) is 5.18. The molecule has 0 radical (unpaired) electrons. The Bertz CT molecular complexity index is 473. The van der Waals surface area contributed by atoms with Crippen LogP contribution in [0.2, 0.25) is 0 Å². The minimum Gasteiger partial charge on any atom is -0.490 e. The molecule has 1 heterocycles. The number of benzene rings is 1. The Labute approximate surface area is 118 Å². The van der Waals surface area contributed by atoms with Crippen molar-refractivity contribution in [2.75, 3.05) is 38.7 Å². The summed E-state index contributed by atoms with van der Waals surface area (Å²) in [6, 6.07) is 5.19. The Kier molecular flexibility index (Phi) is 4.79. The van der Waals surface area contributed by atoms with E-state index in [0.29, 0.717) is 17.4 Å². The molecule has 1 aromatic rings. The fraction of sp³-hybridized carbons (Fsp3) is 0.571. The third-order valence-corrected chi connectivity index (χ3v) is 3.72. The van der Waals surface area contributed by atoms with Crippen LogP contribution in [0.15, 0.2) is 18.2 Å². The summed E-state index contributed by atoms with van der Waals surface area (Å²) in [6.45, 7) is 2.85. The van der Waals surface area contributed by atoms with Gasteiger partial charge in [-0.05, 0) is 44.0 Å². The molecule has 1 N–H and O–H groups in total. The first kappa shape index (κ1) is 14.6. The summed E-state index contributed by atoms with van der Waals surface area (Å²) in [7, 11) is 3.35. The molecule has 0 aromatic heterocycles. The summed E-state index contributed by atoms with van der Waals surface area (Å²) in [5, 5.41) is 14.7. The van der Waals surface area contributed by atoms with Crippen molar-refractivity contribution in [1.29, 1.82) is 0 Å². The standard InChI is InChI=1S/C14H21N3O3/c1-16(10-11-5-4-8-15-9-11)12-6-3-7-13(20-2)14(12)17(18)19/h3,6-7,11,15H,4-5,8-10H2,1-2H3. The number of rotatable bonds is 5. The average Bonchev–Trinajstić information content (AvgIpc) is 2.47. The molecule has 0 aliphatic carbocycles. The summed E-state index contributed by atoms with van der Waals surface area (Å²) >= 11 is 0. The quantitative estimate of drug-likeness (QED) is 0.660. The van der Waals surface area contributed by atoms with Gasteiger partial charge in [-0.25, -0.2) is 0 Å². The number of nitro groups is 1. The maximum absolute atomic E-state index is 11.3. The minimum absolute atomic E-state index is 0.0428. The molecule has 1 saturated heterocycles. The van der Waals surface area contributed by atoms with Crippen LogP contribution in [0.5, 0.6) is 5.75 Å². The van der Waals surface area contributed by atoms with Crippen molar-refractivity contribution in [3.8, 4) is 5.75 Å². The van der Waals surface area contributed by atoms with Gasteiger partial charge in [0.15, 0.2) is 5.75 Å². The Morgan fingerprint density at radius 1 is 1.55 bits per heavy atom. The number of ether oxygens (including phenoxy) is 1. The van der Waals surface area contributed by atoms with Gasteiger partial charge in [-0.2, -0.15) is 0 Å². The highest BCUT2D eigenvalue weighted by Gasteiger charge is 2.24. The van der Waals surface area contributed by atoms with E-state index in [1.54, 1.807) is 18.2 Å². The number of hydrogen-bond acceptors (Lipinski definition) is 5. The topological polar surface area (TPSA) is 67.6 Å². The van der Waals surface area contributed by atoms with Gasteiger partial charge in [0.05, 0.1) is 12.0 Å². The SMILES string of the molecule is COc1cccc(N(C)CC2CCCNC2)c1[N+](=O)[O-]. The normalized spacial score (nSPS) is 18.6. The van der Waals surface area contributed by atoms with Gasteiger partial charge >= 0.3 is 5.69 Å². The first-order valence-corrected chi connectivity index (χ1v) is 6.86. The molecule has 6 heteroatoms. The number of nitrogens with one attached hydrogen (secondary N) is 1. The molecule has 0 saturated carbocycles. The lowest BCUT2D eigenvalue weighted by Gasteiger charge is -2.28. The van der Waals surface area contributed by atoms with Crippen molar-refractivity contribution in [1.82, 2.24) is 5.32 Å². The van der Waals surface area contributed by atoms with Crippen LogP contribution in [0.25, 0.3) is 0 Å². The van der Waals surface area contributed by atoms with Crippen LogP contribution >= 0.6 is 0 Å². The van der Waals surface area contributed by atoms with Crippen LogP contribution in [0.1, 0.15) is 12.8 Å². The van der Waals surface area contributed by atoms with E-state index in [4.69, 9.17) is 4.74 Å². The van der Waals surface area contributed by atoms with Crippen LogP contribution in [0.3, 0.4) is 0 Å². The molecule has 2 rings (SSSR count). The molecule has 20 heavy (non-hydrogen) atoms.